The summed E-state index contributed by atoms with van der Waals surface area (Å²) < 4.78 is 0. The fraction of sp³-hybridized carbons (Fsp3) is 0.364. The second-order valence-corrected chi connectivity index (χ2v) is 5.00. The Morgan fingerprint density at radius 3 is 1.04 bits per heavy atom. The predicted molar refractivity (Wildman–Crippen MR) is 101 cm³/mol. The fourth-order valence-corrected chi connectivity index (χ4v) is 1.85. The van der Waals surface area contributed by atoms with E-state index in [4.69, 9.17) is 0 Å². The van der Waals surface area contributed by atoms with Crippen LogP contribution < -0.4 is 0 Å². The third kappa shape index (κ3) is 12.7. The van der Waals surface area contributed by atoms with E-state index in [0.29, 0.717) is 0 Å². The van der Waals surface area contributed by atoms with Gasteiger partial charge in [-0.2, -0.15) is 47.2 Å². The third-order valence-corrected chi connectivity index (χ3v) is 3.59. The van der Waals surface area contributed by atoms with Crippen molar-refractivity contribution in [3.63, 3.8) is 0 Å². The molecule has 128 valence electrons. The molecule has 0 amide bonds. The molecule has 2 aromatic carbocycles. The Kier molecular flexibility index (Phi) is 23.9. The Balaban J connectivity index is -0.000000310. The number of hydrogen-bond donors (Lipinski definition) is 0. The minimum absolute atomic E-state index is 0. The molecule has 0 spiro atoms. The first-order valence-electron chi connectivity index (χ1n) is 8.44. The summed E-state index contributed by atoms with van der Waals surface area (Å²) in [5, 5.41) is 0. The summed E-state index contributed by atoms with van der Waals surface area (Å²) in [7, 11) is 0. The van der Waals surface area contributed by atoms with Crippen LogP contribution >= 0.6 is 0 Å². The van der Waals surface area contributed by atoms with Gasteiger partial charge in [-0.15, -0.1) is 24.3 Å². The molecule has 0 saturated carbocycles. The van der Waals surface area contributed by atoms with Gasteiger partial charge in [0.2, 0.25) is 0 Å². The molecule has 0 aliphatic heterocycles. The summed E-state index contributed by atoms with van der Waals surface area (Å²) >= 11 is 0. The van der Waals surface area contributed by atoms with Gasteiger partial charge in [-0.1, -0.05) is 66.5 Å². The smallest absolute Gasteiger partial charge is 0 e. The average molecular weight is 474 g/mol. The second-order valence-electron chi connectivity index (χ2n) is 5.00. The Labute approximate surface area is 201 Å². The zero-order valence-corrected chi connectivity index (χ0v) is 22.0. The van der Waals surface area contributed by atoms with Crippen molar-refractivity contribution in [3.8, 4) is 0 Å². The van der Waals surface area contributed by atoms with Crippen molar-refractivity contribution in [1.82, 2.24) is 0 Å². The van der Waals surface area contributed by atoms with Crippen molar-refractivity contribution in [1.29, 1.82) is 0 Å². The summed E-state index contributed by atoms with van der Waals surface area (Å²) in [6.07, 6.45) is 2.29. The maximum atomic E-state index is 2.18. The van der Waals surface area contributed by atoms with E-state index in [1.807, 2.05) is 26.0 Å². The molecule has 0 saturated heterocycles. The van der Waals surface area contributed by atoms with Crippen LogP contribution in [0.15, 0.2) is 60.7 Å². The molecule has 0 aliphatic carbocycles. The van der Waals surface area contributed by atoms with Crippen molar-refractivity contribution in [2.24, 2.45) is 0 Å². The Bertz CT molecular complexity index is 408. The molecule has 0 atom stereocenters. The van der Waals surface area contributed by atoms with Crippen LogP contribution in [0, 0.1) is 11.8 Å². The first-order chi connectivity index (χ1) is 10.7. The molecule has 0 unspecified atom stereocenters. The van der Waals surface area contributed by atoms with Gasteiger partial charge in [-0.05, 0) is 0 Å². The molecular weight excluding hydrogens is 442 g/mol. The molecule has 0 heterocycles. The van der Waals surface area contributed by atoms with Gasteiger partial charge < -0.3 is 0 Å². The number of hydrogen-bond acceptors (Lipinski definition) is 0. The average Bonchev–Trinajstić information content (AvgIpc) is 2.64. The van der Waals surface area contributed by atoms with E-state index < -0.39 is 0 Å². The van der Waals surface area contributed by atoms with Crippen LogP contribution in [0.25, 0.3) is 0 Å². The molecule has 0 aliphatic rings. The van der Waals surface area contributed by atoms with Crippen LogP contribution in [0.5, 0.6) is 0 Å². The van der Waals surface area contributed by atoms with Crippen molar-refractivity contribution in [2.45, 2.75) is 54.4 Å². The summed E-state index contributed by atoms with van der Waals surface area (Å²) in [6.45, 7) is 12.7. The molecule has 0 bridgehead atoms. The maximum Gasteiger partial charge on any atom is 0 e. The first-order valence-corrected chi connectivity index (χ1v) is 8.44. The van der Waals surface area contributed by atoms with Gasteiger partial charge >= 0.3 is 0 Å². The minimum atomic E-state index is 0. The van der Waals surface area contributed by atoms with Gasteiger partial charge in [0.1, 0.15) is 0 Å². The summed E-state index contributed by atoms with van der Waals surface area (Å²) in [4.78, 5) is 0. The van der Waals surface area contributed by atoms with E-state index >= 15 is 0 Å². The van der Waals surface area contributed by atoms with Gasteiger partial charge in [0, 0.05) is 65.4 Å². The van der Waals surface area contributed by atoms with Crippen LogP contribution in [-0.4, -0.2) is 0 Å². The Hall–Kier alpha value is 0.388. The molecule has 0 aromatic heterocycles. The molecule has 2 radical (unpaired) electrons. The maximum absolute atomic E-state index is 2.18. The van der Waals surface area contributed by atoms with Crippen molar-refractivity contribution >= 4 is 0 Å². The van der Waals surface area contributed by atoms with E-state index in [1.54, 1.807) is 0 Å². The van der Waals surface area contributed by atoms with Crippen molar-refractivity contribution in [2.75, 3.05) is 0 Å². The van der Waals surface area contributed by atoms with E-state index in [9.17, 15) is 0 Å². The van der Waals surface area contributed by atoms with Crippen LogP contribution in [-0.2, 0) is 65.4 Å². The SMILES string of the molecule is CC.CC[C-](C)c1ccccc1.CC[C-](C)c1ccccc1.[Y].[Y]. The standard InChI is InChI=1S/2C10H13.C2H6.2Y/c2*1-3-9(2)10-7-5-4-6-8-10;1-2;;/h2*4-8H,3H2,1-2H3;1-2H3;;/q2*-1;;;. The summed E-state index contributed by atoms with van der Waals surface area (Å²) in [5.41, 5.74) is 2.73. The van der Waals surface area contributed by atoms with Crippen LogP contribution in [0.4, 0.5) is 0 Å². The Morgan fingerprint density at radius 2 is 0.833 bits per heavy atom. The summed E-state index contributed by atoms with van der Waals surface area (Å²) in [5.74, 6) is 2.92. The van der Waals surface area contributed by atoms with Crippen LogP contribution in [0.3, 0.4) is 0 Å². The van der Waals surface area contributed by atoms with E-state index in [2.05, 4.69) is 76.2 Å². The molecular formula is C22H32Y2-2. The molecule has 0 nitrogen and oxygen atoms in total. The normalized spacial score (nSPS) is 8.08. The van der Waals surface area contributed by atoms with Gasteiger partial charge in [-0.25, -0.2) is 0 Å². The van der Waals surface area contributed by atoms with Crippen molar-refractivity contribution in [3.05, 3.63) is 83.6 Å². The molecule has 0 N–H and O–H groups in total. The second kappa shape index (κ2) is 19.7. The first kappa shape index (κ1) is 29.2. The predicted octanol–water partition coefficient (Wildman–Crippen LogP) is 7.10. The largest absolute Gasteiger partial charge is 0.189 e. The van der Waals surface area contributed by atoms with Gasteiger partial charge in [0.25, 0.3) is 0 Å². The molecule has 2 heteroatoms. The summed E-state index contributed by atoms with van der Waals surface area (Å²) in [6, 6.07) is 21.0. The third-order valence-electron chi connectivity index (χ3n) is 3.59. The molecule has 2 aromatic rings. The zero-order valence-electron chi connectivity index (χ0n) is 16.3. The zero-order chi connectivity index (χ0) is 16.8. The fourth-order valence-electron chi connectivity index (χ4n) is 1.85. The number of rotatable bonds is 4. The van der Waals surface area contributed by atoms with Gasteiger partial charge in [0.05, 0.1) is 0 Å². The van der Waals surface area contributed by atoms with Gasteiger partial charge in [0.15, 0.2) is 0 Å². The minimum Gasteiger partial charge on any atom is -0.189 e. The quantitative estimate of drug-likeness (QED) is 0.415. The monoisotopic (exact) mass is 474 g/mol. The van der Waals surface area contributed by atoms with E-state index in [0.717, 1.165) is 12.8 Å². The molecule has 24 heavy (non-hydrogen) atoms. The van der Waals surface area contributed by atoms with E-state index in [1.165, 1.54) is 23.0 Å². The number of benzene rings is 2. The topological polar surface area (TPSA) is 0 Å². The van der Waals surface area contributed by atoms with E-state index in [-0.39, 0.29) is 65.4 Å². The Morgan fingerprint density at radius 1 is 0.583 bits per heavy atom. The molecule has 2 rings (SSSR count). The van der Waals surface area contributed by atoms with Crippen LogP contribution in [0.2, 0.25) is 0 Å². The van der Waals surface area contributed by atoms with Gasteiger partial charge in [-0.3, -0.25) is 0 Å². The molecule has 0 fully saturated rings. The van der Waals surface area contributed by atoms with Crippen LogP contribution in [0.1, 0.15) is 65.5 Å². The van der Waals surface area contributed by atoms with Crippen molar-refractivity contribution < 1.29 is 65.4 Å².